The lowest BCUT2D eigenvalue weighted by Crippen LogP contribution is -2.38. The zero-order valence-corrected chi connectivity index (χ0v) is 15.3. The number of carbonyl (C=O) groups is 2. The van der Waals surface area contributed by atoms with Gasteiger partial charge in [0.1, 0.15) is 18.1 Å². The van der Waals surface area contributed by atoms with Gasteiger partial charge in [-0.25, -0.2) is 9.78 Å². The Labute approximate surface area is 160 Å². The molecule has 1 aliphatic rings. The first-order valence-electron chi connectivity index (χ1n) is 7.96. The number of carboxylic acids is 1. The van der Waals surface area contributed by atoms with Crippen molar-refractivity contribution in [1.82, 2.24) is 9.38 Å². The van der Waals surface area contributed by atoms with Crippen LogP contribution in [-0.2, 0) is 4.79 Å². The van der Waals surface area contributed by atoms with Gasteiger partial charge in [0.2, 0.25) is 0 Å². The van der Waals surface area contributed by atoms with E-state index in [4.69, 9.17) is 14.6 Å². The van der Waals surface area contributed by atoms with Crippen LogP contribution in [0.1, 0.15) is 16.2 Å². The number of amides is 1. The minimum atomic E-state index is -5.08. The summed E-state index contributed by atoms with van der Waals surface area (Å²) in [7, 11) is 0. The number of anilines is 1. The van der Waals surface area contributed by atoms with Gasteiger partial charge in [-0.2, -0.15) is 13.2 Å². The molecule has 7 nitrogen and oxygen atoms in total. The summed E-state index contributed by atoms with van der Waals surface area (Å²) in [6.45, 7) is 2.93. The number of nitrogens with zero attached hydrogens (tertiary/aromatic N) is 3. The van der Waals surface area contributed by atoms with Crippen LogP contribution in [0.2, 0.25) is 0 Å². The Morgan fingerprint density at radius 3 is 2.64 bits per heavy atom. The Kier molecular flexibility index (Phi) is 5.27. The van der Waals surface area contributed by atoms with Crippen LogP contribution in [0.4, 0.5) is 18.9 Å². The van der Waals surface area contributed by atoms with Gasteiger partial charge in [-0.3, -0.25) is 9.20 Å². The highest BCUT2D eigenvalue weighted by Crippen LogP contribution is 2.32. The van der Waals surface area contributed by atoms with Crippen molar-refractivity contribution in [3.63, 3.8) is 0 Å². The molecule has 1 N–H and O–H groups in total. The molecule has 3 aromatic rings. The number of aryl methyl sites for hydroxylation is 1. The fourth-order valence-electron chi connectivity index (χ4n) is 2.66. The first kappa shape index (κ1) is 19.7. The van der Waals surface area contributed by atoms with Gasteiger partial charge in [0.05, 0.1) is 17.9 Å². The van der Waals surface area contributed by atoms with Crippen molar-refractivity contribution in [2.45, 2.75) is 13.1 Å². The molecule has 28 heavy (non-hydrogen) atoms. The second-order valence-electron chi connectivity index (χ2n) is 5.68. The number of imidazole rings is 1. The van der Waals surface area contributed by atoms with Crippen LogP contribution < -0.4 is 9.64 Å². The molecule has 0 spiro atoms. The van der Waals surface area contributed by atoms with E-state index < -0.39 is 12.1 Å². The monoisotopic (exact) mass is 413 g/mol. The number of carboxylic acid groups (broad SMARTS) is 1. The molecule has 0 unspecified atom stereocenters. The molecule has 0 fully saturated rings. The van der Waals surface area contributed by atoms with E-state index in [9.17, 15) is 18.0 Å². The van der Waals surface area contributed by atoms with Gasteiger partial charge in [0.15, 0.2) is 4.96 Å². The summed E-state index contributed by atoms with van der Waals surface area (Å²) >= 11 is 1.53. The lowest BCUT2D eigenvalue weighted by molar-refractivity contribution is -0.192. The number of aromatic nitrogens is 2. The van der Waals surface area contributed by atoms with Crippen molar-refractivity contribution < 1.29 is 32.6 Å². The maximum absolute atomic E-state index is 13.0. The topological polar surface area (TPSA) is 84.1 Å². The molecule has 1 aromatic carbocycles. The molecular formula is C17H14F3N3O4S. The standard InChI is InChI=1S/C15H13N3O2S.C2HF3O2/c1-10-13(18-7-9-21-15(18)16-10)14(19)17-6-8-20-12-5-3-2-4-11(12)17;3-2(4,5)1(6)7/h2-5,7,9H,6,8H2,1H3;(H,6,7). The molecule has 148 valence electrons. The number of para-hydroxylation sites is 2. The van der Waals surface area contributed by atoms with E-state index in [2.05, 4.69) is 4.98 Å². The fourth-order valence-corrected chi connectivity index (χ4v) is 3.42. The van der Waals surface area contributed by atoms with E-state index in [1.54, 1.807) is 4.90 Å². The molecule has 3 heterocycles. The minimum absolute atomic E-state index is 0.0332. The predicted molar refractivity (Wildman–Crippen MR) is 95.1 cm³/mol. The first-order chi connectivity index (χ1) is 13.2. The van der Waals surface area contributed by atoms with E-state index in [-0.39, 0.29) is 5.91 Å². The summed E-state index contributed by atoms with van der Waals surface area (Å²) in [6.07, 6.45) is -3.19. The van der Waals surface area contributed by atoms with E-state index in [1.165, 1.54) is 11.3 Å². The summed E-state index contributed by atoms with van der Waals surface area (Å²) in [5.41, 5.74) is 2.21. The Bertz CT molecular complexity index is 1030. The number of thiazole rings is 1. The van der Waals surface area contributed by atoms with Crippen LogP contribution in [0.25, 0.3) is 4.96 Å². The van der Waals surface area contributed by atoms with Gasteiger partial charge in [-0.05, 0) is 19.1 Å². The van der Waals surface area contributed by atoms with Crippen LogP contribution in [0.3, 0.4) is 0 Å². The number of rotatable bonds is 1. The summed E-state index contributed by atoms with van der Waals surface area (Å²) in [6, 6.07) is 7.62. The number of benzene rings is 1. The predicted octanol–water partition coefficient (Wildman–Crippen LogP) is 3.38. The highest BCUT2D eigenvalue weighted by molar-refractivity contribution is 7.15. The van der Waals surface area contributed by atoms with Crippen molar-refractivity contribution in [2.75, 3.05) is 18.1 Å². The van der Waals surface area contributed by atoms with Crippen LogP contribution >= 0.6 is 11.3 Å². The summed E-state index contributed by atoms with van der Waals surface area (Å²) in [4.78, 5) is 28.9. The van der Waals surface area contributed by atoms with Crippen molar-refractivity contribution in [3.8, 4) is 5.75 Å². The highest BCUT2D eigenvalue weighted by Gasteiger charge is 2.38. The van der Waals surface area contributed by atoms with Crippen molar-refractivity contribution in [2.24, 2.45) is 0 Å². The summed E-state index contributed by atoms with van der Waals surface area (Å²) < 4.78 is 39.2. The number of aliphatic carboxylic acids is 1. The Morgan fingerprint density at radius 1 is 1.29 bits per heavy atom. The third kappa shape index (κ3) is 3.79. The number of halogens is 3. The van der Waals surface area contributed by atoms with E-state index in [0.717, 1.165) is 22.1 Å². The van der Waals surface area contributed by atoms with Crippen LogP contribution in [0.5, 0.6) is 5.75 Å². The Hall–Kier alpha value is -3.08. The van der Waals surface area contributed by atoms with Crippen molar-refractivity contribution >= 4 is 33.9 Å². The average molecular weight is 413 g/mol. The summed E-state index contributed by atoms with van der Waals surface area (Å²) in [5, 5.41) is 9.06. The smallest absolute Gasteiger partial charge is 0.490 e. The number of carbonyl (C=O) groups excluding carboxylic acids is 1. The fraction of sp³-hybridized carbons (Fsp3) is 0.235. The minimum Gasteiger partial charge on any atom is -0.490 e. The highest BCUT2D eigenvalue weighted by atomic mass is 32.1. The molecular weight excluding hydrogens is 399 g/mol. The second kappa shape index (κ2) is 7.50. The second-order valence-corrected chi connectivity index (χ2v) is 6.55. The molecule has 1 aliphatic heterocycles. The third-order valence-electron chi connectivity index (χ3n) is 3.86. The van der Waals surface area contributed by atoms with Crippen molar-refractivity contribution in [3.05, 3.63) is 47.2 Å². The van der Waals surface area contributed by atoms with Gasteiger partial charge in [0, 0.05) is 11.6 Å². The molecule has 0 aliphatic carbocycles. The molecule has 0 bridgehead atoms. The van der Waals surface area contributed by atoms with Gasteiger partial charge in [-0.15, -0.1) is 11.3 Å². The first-order valence-corrected chi connectivity index (χ1v) is 8.84. The molecule has 4 rings (SSSR count). The van der Waals surface area contributed by atoms with Crippen LogP contribution in [0.15, 0.2) is 35.8 Å². The molecule has 1 amide bonds. The number of hydrogen-bond acceptors (Lipinski definition) is 5. The number of ether oxygens (including phenoxy) is 1. The van der Waals surface area contributed by atoms with E-state index in [1.807, 2.05) is 47.2 Å². The molecule has 0 saturated heterocycles. The number of hydrogen-bond donors (Lipinski definition) is 1. The van der Waals surface area contributed by atoms with Crippen LogP contribution in [0, 0.1) is 6.92 Å². The van der Waals surface area contributed by atoms with Gasteiger partial charge < -0.3 is 14.7 Å². The van der Waals surface area contributed by atoms with Gasteiger partial charge in [-0.1, -0.05) is 12.1 Å². The van der Waals surface area contributed by atoms with E-state index >= 15 is 0 Å². The number of fused-ring (bicyclic) bond motifs is 2. The zero-order chi connectivity index (χ0) is 20.5. The quantitative estimate of drug-likeness (QED) is 0.661. The lowest BCUT2D eigenvalue weighted by atomic mass is 10.2. The maximum atomic E-state index is 13.0. The Morgan fingerprint density at radius 2 is 1.96 bits per heavy atom. The summed E-state index contributed by atoms with van der Waals surface area (Å²) in [5.74, 6) is -2.04. The zero-order valence-electron chi connectivity index (χ0n) is 14.4. The SMILES string of the molecule is Cc1nc2sccn2c1C(=O)N1CCOc2ccccc21.O=C(O)C(F)(F)F. The van der Waals surface area contributed by atoms with Gasteiger partial charge in [0.25, 0.3) is 5.91 Å². The Balaban J connectivity index is 0.000000279. The average Bonchev–Trinajstić information content (AvgIpc) is 3.20. The van der Waals surface area contributed by atoms with Crippen LogP contribution in [-0.4, -0.2) is 45.7 Å². The number of alkyl halides is 3. The van der Waals surface area contributed by atoms with E-state index in [0.29, 0.717) is 18.8 Å². The van der Waals surface area contributed by atoms with Gasteiger partial charge >= 0.3 is 12.1 Å². The molecule has 11 heteroatoms. The van der Waals surface area contributed by atoms with Crippen molar-refractivity contribution in [1.29, 1.82) is 0 Å². The molecule has 0 saturated carbocycles. The third-order valence-corrected chi connectivity index (χ3v) is 4.61. The largest absolute Gasteiger partial charge is 0.490 e. The lowest BCUT2D eigenvalue weighted by Gasteiger charge is -2.29. The molecule has 2 aromatic heterocycles. The maximum Gasteiger partial charge on any atom is 0.490 e. The molecule has 0 radical (unpaired) electrons. The molecule has 0 atom stereocenters. The normalized spacial score (nSPS) is 13.4.